The molecule has 2 unspecified atom stereocenters. The number of hydrogen-bond donors (Lipinski definition) is 3. The van der Waals surface area contributed by atoms with Crippen LogP contribution in [0.4, 0.5) is 5.69 Å². The molecule has 0 aliphatic rings. The van der Waals surface area contributed by atoms with E-state index in [1.165, 1.54) is 6.92 Å². The van der Waals surface area contributed by atoms with Crippen LogP contribution in [0.3, 0.4) is 0 Å². The predicted octanol–water partition coefficient (Wildman–Crippen LogP) is 2.52. The second-order valence-electron chi connectivity index (χ2n) is 6.53. The molecule has 7 heteroatoms. The van der Waals surface area contributed by atoms with Crippen LogP contribution < -0.4 is 11.1 Å². The van der Waals surface area contributed by atoms with Crippen molar-refractivity contribution >= 4 is 34.4 Å². The van der Waals surface area contributed by atoms with Gasteiger partial charge >= 0.3 is 5.97 Å². The average Bonchev–Trinajstić information content (AvgIpc) is 2.66. The summed E-state index contributed by atoms with van der Waals surface area (Å²) in [4.78, 5) is 35.8. The van der Waals surface area contributed by atoms with Gasteiger partial charge in [-0.25, -0.2) is 4.79 Å². The van der Waals surface area contributed by atoms with Crippen LogP contribution >= 0.6 is 11.8 Å². The Kier molecular flexibility index (Phi) is 8.07. The first-order valence-electron chi connectivity index (χ1n) is 8.90. The van der Waals surface area contributed by atoms with E-state index in [0.29, 0.717) is 17.9 Å². The number of benzene rings is 2. The lowest BCUT2D eigenvalue weighted by Crippen LogP contribution is -2.46. The largest absolute Gasteiger partial charge is 0.480 e. The fourth-order valence-electron chi connectivity index (χ4n) is 2.72. The molecule has 6 nitrogen and oxygen atoms in total. The summed E-state index contributed by atoms with van der Waals surface area (Å²) in [6.45, 7) is 1.45. The highest BCUT2D eigenvalue weighted by atomic mass is 32.2. The number of carbonyl (C=O) groups excluding carboxylic acids is 2. The van der Waals surface area contributed by atoms with Crippen molar-refractivity contribution in [2.45, 2.75) is 25.8 Å². The summed E-state index contributed by atoms with van der Waals surface area (Å²) in [5.41, 5.74) is 7.96. The molecule has 0 heterocycles. The van der Waals surface area contributed by atoms with Gasteiger partial charge in [-0.1, -0.05) is 54.2 Å². The average molecular weight is 401 g/mol. The number of nitrogens with two attached hydrogens (primary N) is 1. The van der Waals surface area contributed by atoms with Crippen molar-refractivity contribution in [3.8, 4) is 0 Å². The molecule has 0 aromatic heterocycles. The molecule has 2 aromatic rings. The SMILES string of the molecule is CC(=O)SCC(Cc1ccccc1)C(=O)NC(Cc1ccc(N)cc1)C(=O)O. The van der Waals surface area contributed by atoms with Gasteiger partial charge < -0.3 is 16.2 Å². The normalized spacial score (nSPS) is 12.8. The van der Waals surface area contributed by atoms with Crippen LogP contribution in [0.2, 0.25) is 0 Å². The zero-order valence-electron chi connectivity index (χ0n) is 15.6. The van der Waals surface area contributed by atoms with Crippen LogP contribution in [0.1, 0.15) is 18.1 Å². The van der Waals surface area contributed by atoms with Gasteiger partial charge in [0.2, 0.25) is 5.91 Å². The molecule has 2 atom stereocenters. The number of rotatable bonds is 9. The molecule has 0 bridgehead atoms. The Morgan fingerprint density at radius 3 is 2.18 bits per heavy atom. The van der Waals surface area contributed by atoms with Gasteiger partial charge in [0.1, 0.15) is 6.04 Å². The van der Waals surface area contributed by atoms with Crippen LogP contribution in [0, 0.1) is 5.92 Å². The monoisotopic (exact) mass is 400 g/mol. The number of hydrogen-bond acceptors (Lipinski definition) is 5. The Balaban J connectivity index is 2.09. The first-order valence-corrected chi connectivity index (χ1v) is 9.88. The van der Waals surface area contributed by atoms with Crippen molar-refractivity contribution in [1.29, 1.82) is 0 Å². The lowest BCUT2D eigenvalue weighted by Gasteiger charge is -2.20. The number of aliphatic carboxylic acids is 1. The molecular weight excluding hydrogens is 376 g/mol. The number of carboxylic acid groups (broad SMARTS) is 1. The van der Waals surface area contributed by atoms with Crippen molar-refractivity contribution in [3.63, 3.8) is 0 Å². The van der Waals surface area contributed by atoms with E-state index in [2.05, 4.69) is 5.32 Å². The minimum absolute atomic E-state index is 0.0810. The number of carboxylic acids is 1. The smallest absolute Gasteiger partial charge is 0.326 e. The third-order valence-electron chi connectivity index (χ3n) is 4.22. The third kappa shape index (κ3) is 7.08. The van der Waals surface area contributed by atoms with E-state index in [1.807, 2.05) is 30.3 Å². The standard InChI is InChI=1S/C21H24N2O4S/c1-14(24)28-13-17(11-15-5-3-2-4-6-15)20(25)23-19(21(26)27)12-16-7-9-18(22)10-8-16/h2-10,17,19H,11-13,22H2,1H3,(H,23,25)(H,26,27). The highest BCUT2D eigenvalue weighted by Gasteiger charge is 2.26. The highest BCUT2D eigenvalue weighted by Crippen LogP contribution is 2.17. The molecular formula is C21H24N2O4S. The van der Waals surface area contributed by atoms with Gasteiger partial charge in [-0.2, -0.15) is 0 Å². The molecule has 0 fully saturated rings. The molecule has 0 aliphatic heterocycles. The molecule has 0 aliphatic carbocycles. The van der Waals surface area contributed by atoms with E-state index in [0.717, 1.165) is 22.9 Å². The quantitative estimate of drug-likeness (QED) is 0.558. The summed E-state index contributed by atoms with van der Waals surface area (Å²) in [7, 11) is 0. The Labute approximate surface area is 168 Å². The van der Waals surface area contributed by atoms with E-state index in [1.54, 1.807) is 24.3 Å². The van der Waals surface area contributed by atoms with Gasteiger partial charge in [0.05, 0.1) is 5.92 Å². The van der Waals surface area contributed by atoms with Gasteiger partial charge in [-0.15, -0.1) is 0 Å². The summed E-state index contributed by atoms with van der Waals surface area (Å²) in [6.07, 6.45) is 0.584. The van der Waals surface area contributed by atoms with E-state index < -0.39 is 17.9 Å². The molecule has 0 radical (unpaired) electrons. The Morgan fingerprint density at radius 1 is 1.00 bits per heavy atom. The maximum absolute atomic E-state index is 12.8. The van der Waals surface area contributed by atoms with Gasteiger partial charge in [0.25, 0.3) is 0 Å². The second-order valence-corrected chi connectivity index (χ2v) is 7.73. The second kappa shape index (κ2) is 10.5. The topological polar surface area (TPSA) is 109 Å². The number of nitrogen functional groups attached to an aromatic ring is 1. The Bertz CT molecular complexity index is 809. The third-order valence-corrected chi connectivity index (χ3v) is 5.19. The molecule has 0 spiro atoms. The number of anilines is 1. The molecule has 2 aromatic carbocycles. The van der Waals surface area contributed by atoms with Crippen LogP contribution in [-0.4, -0.2) is 33.9 Å². The van der Waals surface area contributed by atoms with Crippen molar-refractivity contribution in [3.05, 3.63) is 65.7 Å². The minimum Gasteiger partial charge on any atom is -0.480 e. The maximum Gasteiger partial charge on any atom is 0.326 e. The lowest BCUT2D eigenvalue weighted by atomic mass is 9.99. The van der Waals surface area contributed by atoms with Crippen LogP contribution in [-0.2, 0) is 27.2 Å². The highest BCUT2D eigenvalue weighted by molar-refractivity contribution is 8.13. The van der Waals surface area contributed by atoms with Gasteiger partial charge in [-0.3, -0.25) is 9.59 Å². The summed E-state index contributed by atoms with van der Waals surface area (Å²) in [5, 5.41) is 12.1. The Hall–Kier alpha value is -2.80. The van der Waals surface area contributed by atoms with E-state index in [4.69, 9.17) is 5.73 Å². The van der Waals surface area contributed by atoms with Crippen molar-refractivity contribution in [2.75, 3.05) is 11.5 Å². The van der Waals surface area contributed by atoms with E-state index >= 15 is 0 Å². The van der Waals surface area contributed by atoms with Gasteiger partial charge in [-0.05, 0) is 29.7 Å². The van der Waals surface area contributed by atoms with Crippen LogP contribution in [0.5, 0.6) is 0 Å². The number of carbonyl (C=O) groups is 3. The molecule has 2 rings (SSSR count). The number of nitrogens with one attached hydrogen (secondary N) is 1. The zero-order chi connectivity index (χ0) is 20.5. The first kappa shape index (κ1) is 21.5. The fourth-order valence-corrected chi connectivity index (χ4v) is 3.43. The number of amides is 1. The Morgan fingerprint density at radius 2 is 1.61 bits per heavy atom. The van der Waals surface area contributed by atoms with Crippen LogP contribution in [0.15, 0.2) is 54.6 Å². The van der Waals surface area contributed by atoms with Gasteiger partial charge in [0, 0.05) is 24.8 Å². The van der Waals surface area contributed by atoms with Crippen molar-refractivity contribution in [1.82, 2.24) is 5.32 Å². The molecule has 148 valence electrons. The summed E-state index contributed by atoms with van der Waals surface area (Å²) >= 11 is 1.07. The molecule has 4 N–H and O–H groups in total. The minimum atomic E-state index is -1.11. The summed E-state index contributed by atoms with van der Waals surface area (Å²) in [6, 6.07) is 15.3. The first-order chi connectivity index (χ1) is 13.3. The summed E-state index contributed by atoms with van der Waals surface area (Å²) in [5.74, 6) is -1.70. The molecule has 0 saturated heterocycles. The van der Waals surface area contributed by atoms with Crippen molar-refractivity contribution < 1.29 is 19.5 Å². The zero-order valence-corrected chi connectivity index (χ0v) is 16.4. The van der Waals surface area contributed by atoms with Crippen LogP contribution in [0.25, 0.3) is 0 Å². The molecule has 28 heavy (non-hydrogen) atoms. The predicted molar refractivity (Wildman–Crippen MR) is 111 cm³/mol. The van der Waals surface area contributed by atoms with Gasteiger partial charge in [0.15, 0.2) is 5.12 Å². The lowest BCUT2D eigenvalue weighted by molar-refractivity contribution is -0.142. The van der Waals surface area contributed by atoms with E-state index in [9.17, 15) is 19.5 Å². The number of thioether (sulfide) groups is 1. The fraction of sp³-hybridized carbons (Fsp3) is 0.286. The van der Waals surface area contributed by atoms with E-state index in [-0.39, 0.29) is 17.4 Å². The maximum atomic E-state index is 12.8. The molecule has 0 saturated carbocycles. The molecule has 1 amide bonds. The van der Waals surface area contributed by atoms with Crippen molar-refractivity contribution in [2.24, 2.45) is 5.92 Å². The summed E-state index contributed by atoms with van der Waals surface area (Å²) < 4.78 is 0.